The standard InChI is InChI=1S/C11H13NO4/c1-3-10(6-9(2)12(14)15)11(4-5-13)7-16-8-11/h3,5-6H,1-2,4,7-8H2/b10-6+. The molecule has 1 heterocycles. The number of carbonyl (C=O) groups excluding carboxylic acids is 1. The Bertz CT molecular complexity index is 366. The Morgan fingerprint density at radius 1 is 1.56 bits per heavy atom. The van der Waals surface area contributed by atoms with Gasteiger partial charge in [0, 0.05) is 17.9 Å². The molecule has 1 saturated heterocycles. The van der Waals surface area contributed by atoms with Gasteiger partial charge in [0.1, 0.15) is 6.29 Å². The molecule has 0 aliphatic carbocycles. The molecule has 0 spiro atoms. The summed E-state index contributed by atoms with van der Waals surface area (Å²) in [6.45, 7) is 7.69. The summed E-state index contributed by atoms with van der Waals surface area (Å²) in [5.41, 5.74) is -0.0396. The molecule has 0 saturated carbocycles. The second-order valence-electron chi connectivity index (χ2n) is 3.70. The van der Waals surface area contributed by atoms with Crippen LogP contribution in [-0.4, -0.2) is 24.4 Å². The van der Waals surface area contributed by atoms with Crippen molar-refractivity contribution >= 4 is 6.29 Å². The van der Waals surface area contributed by atoms with Crippen LogP contribution in [0.4, 0.5) is 0 Å². The molecule has 0 bridgehead atoms. The first-order valence-electron chi connectivity index (χ1n) is 4.75. The van der Waals surface area contributed by atoms with Gasteiger partial charge in [0.15, 0.2) is 0 Å². The summed E-state index contributed by atoms with van der Waals surface area (Å²) < 4.78 is 5.07. The van der Waals surface area contributed by atoms with Crippen LogP contribution in [0.3, 0.4) is 0 Å². The van der Waals surface area contributed by atoms with Crippen LogP contribution in [0.5, 0.6) is 0 Å². The summed E-state index contributed by atoms with van der Waals surface area (Å²) in [4.78, 5) is 20.5. The highest BCUT2D eigenvalue weighted by Crippen LogP contribution is 2.39. The minimum Gasteiger partial charge on any atom is -0.379 e. The van der Waals surface area contributed by atoms with Gasteiger partial charge in [0.05, 0.1) is 18.1 Å². The normalized spacial score (nSPS) is 18.4. The molecule has 0 atom stereocenters. The average molecular weight is 223 g/mol. The largest absolute Gasteiger partial charge is 0.379 e. The van der Waals surface area contributed by atoms with Crippen LogP contribution in [-0.2, 0) is 9.53 Å². The Kier molecular flexibility index (Phi) is 3.73. The SMILES string of the molecule is C=C/C(=C\C(=C)[N+](=O)[O-])C1(CC=O)COC1. The number of nitrogens with zero attached hydrogens (tertiary/aromatic N) is 1. The molecule has 86 valence electrons. The van der Waals surface area contributed by atoms with Gasteiger partial charge in [-0.1, -0.05) is 12.7 Å². The quantitative estimate of drug-likeness (QED) is 0.296. The predicted octanol–water partition coefficient (Wildman–Crippen LogP) is 1.49. The van der Waals surface area contributed by atoms with E-state index in [0.29, 0.717) is 18.8 Å². The summed E-state index contributed by atoms with van der Waals surface area (Å²) in [5.74, 6) is 0. The molecule has 0 aromatic heterocycles. The van der Waals surface area contributed by atoms with Crippen molar-refractivity contribution in [3.8, 4) is 0 Å². The minimum absolute atomic E-state index is 0.216. The van der Waals surface area contributed by atoms with E-state index in [2.05, 4.69) is 13.2 Å². The maximum Gasteiger partial charge on any atom is 0.262 e. The first kappa shape index (κ1) is 12.3. The molecule has 0 unspecified atom stereocenters. The number of rotatable bonds is 6. The predicted molar refractivity (Wildman–Crippen MR) is 58.3 cm³/mol. The fourth-order valence-electron chi connectivity index (χ4n) is 1.57. The first-order chi connectivity index (χ1) is 7.55. The molecular weight excluding hydrogens is 210 g/mol. The minimum atomic E-state index is -0.572. The van der Waals surface area contributed by atoms with E-state index in [9.17, 15) is 14.9 Å². The van der Waals surface area contributed by atoms with Crippen molar-refractivity contribution in [2.24, 2.45) is 5.41 Å². The Morgan fingerprint density at radius 2 is 2.19 bits per heavy atom. The van der Waals surface area contributed by atoms with Crippen molar-refractivity contribution in [3.05, 3.63) is 46.7 Å². The number of ether oxygens (including phenoxy) is 1. The highest BCUT2D eigenvalue weighted by Gasteiger charge is 2.41. The average Bonchev–Trinajstić information content (AvgIpc) is 2.20. The fourth-order valence-corrected chi connectivity index (χ4v) is 1.57. The summed E-state index contributed by atoms with van der Waals surface area (Å²) in [7, 11) is 0. The van der Waals surface area contributed by atoms with Gasteiger partial charge >= 0.3 is 0 Å². The monoisotopic (exact) mass is 223 g/mol. The summed E-state index contributed by atoms with van der Waals surface area (Å²) in [6.07, 6.45) is 3.92. The third-order valence-corrected chi connectivity index (χ3v) is 2.62. The Balaban J connectivity index is 2.96. The molecule has 0 N–H and O–H groups in total. The molecule has 1 aliphatic rings. The van der Waals surface area contributed by atoms with Crippen LogP contribution in [0.15, 0.2) is 36.6 Å². The number of nitro groups is 1. The van der Waals surface area contributed by atoms with Gasteiger partial charge < -0.3 is 9.53 Å². The molecule has 0 aromatic rings. The zero-order valence-corrected chi connectivity index (χ0v) is 8.85. The highest BCUT2D eigenvalue weighted by molar-refractivity contribution is 5.54. The van der Waals surface area contributed by atoms with Crippen molar-refractivity contribution in [3.63, 3.8) is 0 Å². The zero-order valence-electron chi connectivity index (χ0n) is 8.85. The number of carbonyl (C=O) groups is 1. The van der Waals surface area contributed by atoms with E-state index in [1.165, 1.54) is 12.2 Å². The molecule has 16 heavy (non-hydrogen) atoms. The van der Waals surface area contributed by atoms with Gasteiger partial charge in [-0.25, -0.2) is 0 Å². The van der Waals surface area contributed by atoms with E-state index < -0.39 is 10.3 Å². The second kappa shape index (κ2) is 4.85. The number of hydrogen-bond acceptors (Lipinski definition) is 4. The van der Waals surface area contributed by atoms with Crippen LogP contribution in [0.1, 0.15) is 6.42 Å². The second-order valence-corrected chi connectivity index (χ2v) is 3.70. The molecule has 0 aromatic carbocycles. The van der Waals surface area contributed by atoms with Crippen LogP contribution < -0.4 is 0 Å². The van der Waals surface area contributed by atoms with Gasteiger partial charge in [0.25, 0.3) is 5.70 Å². The fraction of sp³-hybridized carbons (Fsp3) is 0.364. The molecule has 1 aliphatic heterocycles. The molecule has 1 fully saturated rings. The Hall–Kier alpha value is -1.75. The zero-order chi connectivity index (χ0) is 12.2. The van der Waals surface area contributed by atoms with Gasteiger partial charge in [-0.2, -0.15) is 0 Å². The maximum absolute atomic E-state index is 10.6. The van der Waals surface area contributed by atoms with Crippen molar-refractivity contribution in [1.29, 1.82) is 0 Å². The van der Waals surface area contributed by atoms with Crippen molar-refractivity contribution < 1.29 is 14.5 Å². The Labute approximate surface area is 93.2 Å². The van der Waals surface area contributed by atoms with E-state index >= 15 is 0 Å². The van der Waals surface area contributed by atoms with E-state index in [-0.39, 0.29) is 12.1 Å². The number of aldehydes is 1. The molecule has 0 amide bonds. The summed E-state index contributed by atoms with van der Waals surface area (Å²) in [5, 5.41) is 10.5. The summed E-state index contributed by atoms with van der Waals surface area (Å²) >= 11 is 0. The van der Waals surface area contributed by atoms with Crippen LogP contribution in [0.25, 0.3) is 0 Å². The lowest BCUT2D eigenvalue weighted by Crippen LogP contribution is -2.44. The van der Waals surface area contributed by atoms with Crippen LogP contribution in [0, 0.1) is 15.5 Å². The lowest BCUT2D eigenvalue weighted by Gasteiger charge is -2.41. The van der Waals surface area contributed by atoms with Crippen molar-refractivity contribution in [1.82, 2.24) is 0 Å². The topological polar surface area (TPSA) is 69.4 Å². The van der Waals surface area contributed by atoms with Gasteiger partial charge in [-0.15, -0.1) is 0 Å². The van der Waals surface area contributed by atoms with Crippen molar-refractivity contribution in [2.45, 2.75) is 6.42 Å². The highest BCUT2D eigenvalue weighted by atomic mass is 16.6. The smallest absolute Gasteiger partial charge is 0.262 e. The molecule has 5 nitrogen and oxygen atoms in total. The van der Waals surface area contributed by atoms with E-state index in [0.717, 1.165) is 6.29 Å². The van der Waals surface area contributed by atoms with Gasteiger partial charge in [-0.05, 0) is 12.2 Å². The van der Waals surface area contributed by atoms with Gasteiger partial charge in [-0.3, -0.25) is 10.1 Å². The van der Waals surface area contributed by atoms with E-state index in [1.54, 1.807) is 0 Å². The number of allylic oxidation sites excluding steroid dienone is 2. The van der Waals surface area contributed by atoms with Gasteiger partial charge in [0.2, 0.25) is 0 Å². The third-order valence-electron chi connectivity index (χ3n) is 2.62. The van der Waals surface area contributed by atoms with Crippen LogP contribution in [0.2, 0.25) is 0 Å². The number of hydrogen-bond donors (Lipinski definition) is 0. The first-order valence-corrected chi connectivity index (χ1v) is 4.75. The molecule has 1 rings (SSSR count). The molecule has 5 heteroatoms. The summed E-state index contributed by atoms with van der Waals surface area (Å²) in [6, 6.07) is 0. The molecule has 0 radical (unpaired) electrons. The van der Waals surface area contributed by atoms with Crippen molar-refractivity contribution in [2.75, 3.05) is 13.2 Å². The molecular formula is C11H13NO4. The lowest BCUT2D eigenvalue weighted by molar-refractivity contribution is -0.418. The van der Waals surface area contributed by atoms with Crippen LogP contribution >= 0.6 is 0 Å². The van der Waals surface area contributed by atoms with E-state index in [1.807, 2.05) is 0 Å². The maximum atomic E-state index is 10.6. The van der Waals surface area contributed by atoms with E-state index in [4.69, 9.17) is 4.74 Å². The lowest BCUT2D eigenvalue weighted by atomic mass is 9.75. The third kappa shape index (κ3) is 2.25. The Morgan fingerprint density at radius 3 is 2.50 bits per heavy atom.